The molecule has 94 valence electrons. The Morgan fingerprint density at radius 3 is 2.59 bits per heavy atom. The van der Waals surface area contributed by atoms with Gasteiger partial charge in [0.2, 0.25) is 5.91 Å². The molecule has 0 saturated carbocycles. The van der Waals surface area contributed by atoms with Crippen LogP contribution in [0.3, 0.4) is 0 Å². The fourth-order valence-electron chi connectivity index (χ4n) is 1.49. The summed E-state index contributed by atoms with van der Waals surface area (Å²) in [6, 6.07) is 6.95. The number of carbonyl (C=O) groups is 1. The number of hydrogen-bond donors (Lipinski definition) is 3. The van der Waals surface area contributed by atoms with Crippen LogP contribution in [-0.4, -0.2) is 23.6 Å². The lowest BCUT2D eigenvalue weighted by Crippen LogP contribution is -2.33. The lowest BCUT2D eigenvalue weighted by atomic mass is 10.1. The summed E-state index contributed by atoms with van der Waals surface area (Å²) in [6.07, 6.45) is -0.365. The van der Waals surface area contributed by atoms with Gasteiger partial charge in [-0.1, -0.05) is 23.7 Å². The summed E-state index contributed by atoms with van der Waals surface area (Å²) in [7, 11) is 0. The molecule has 1 aromatic carbocycles. The van der Waals surface area contributed by atoms with Crippen molar-refractivity contribution in [3.8, 4) is 0 Å². The van der Waals surface area contributed by atoms with E-state index >= 15 is 0 Å². The second kappa shape index (κ2) is 6.59. The van der Waals surface area contributed by atoms with Crippen molar-refractivity contribution in [3.63, 3.8) is 0 Å². The molecule has 17 heavy (non-hydrogen) atoms. The first-order valence-corrected chi connectivity index (χ1v) is 5.82. The van der Waals surface area contributed by atoms with Crippen LogP contribution >= 0.6 is 11.6 Å². The quantitative estimate of drug-likeness (QED) is 0.717. The molecule has 0 spiro atoms. The molecule has 1 rings (SSSR count). The van der Waals surface area contributed by atoms with Gasteiger partial charge in [0.25, 0.3) is 0 Å². The molecule has 0 aromatic heterocycles. The minimum absolute atomic E-state index is 0.0468. The van der Waals surface area contributed by atoms with Gasteiger partial charge in [0.15, 0.2) is 0 Å². The van der Waals surface area contributed by atoms with Gasteiger partial charge < -0.3 is 16.2 Å². The average Bonchev–Trinajstić information content (AvgIpc) is 2.26. The molecule has 1 amide bonds. The van der Waals surface area contributed by atoms with Gasteiger partial charge >= 0.3 is 0 Å². The van der Waals surface area contributed by atoms with E-state index in [-0.39, 0.29) is 18.4 Å². The number of benzene rings is 1. The molecule has 0 saturated heterocycles. The van der Waals surface area contributed by atoms with E-state index in [0.29, 0.717) is 11.6 Å². The van der Waals surface area contributed by atoms with E-state index in [2.05, 4.69) is 5.32 Å². The summed E-state index contributed by atoms with van der Waals surface area (Å²) >= 11 is 5.75. The van der Waals surface area contributed by atoms with E-state index in [1.54, 1.807) is 24.3 Å². The second-order valence-electron chi connectivity index (χ2n) is 4.05. The first kappa shape index (κ1) is 14.0. The van der Waals surface area contributed by atoms with Gasteiger partial charge in [0.05, 0.1) is 6.10 Å². The zero-order chi connectivity index (χ0) is 12.8. The molecule has 0 heterocycles. The molecular formula is C12H17ClN2O2. The predicted octanol–water partition coefficient (Wildman–Crippen LogP) is 1.23. The third-order valence-electron chi connectivity index (χ3n) is 2.42. The maximum absolute atomic E-state index is 10.7. The largest absolute Gasteiger partial charge is 0.387 e. The topological polar surface area (TPSA) is 75.4 Å². The average molecular weight is 257 g/mol. The molecule has 2 atom stereocenters. The van der Waals surface area contributed by atoms with Gasteiger partial charge in [0, 0.05) is 24.0 Å². The van der Waals surface area contributed by atoms with Gasteiger partial charge in [-0.2, -0.15) is 0 Å². The smallest absolute Gasteiger partial charge is 0.218 e. The molecule has 0 aliphatic rings. The lowest BCUT2D eigenvalue weighted by Gasteiger charge is -2.16. The van der Waals surface area contributed by atoms with Crippen molar-refractivity contribution in [2.24, 2.45) is 5.73 Å². The van der Waals surface area contributed by atoms with E-state index in [0.717, 1.165) is 5.56 Å². The Morgan fingerprint density at radius 1 is 1.47 bits per heavy atom. The van der Waals surface area contributed by atoms with Crippen LogP contribution in [0, 0.1) is 0 Å². The van der Waals surface area contributed by atoms with Crippen LogP contribution in [-0.2, 0) is 4.79 Å². The van der Waals surface area contributed by atoms with Crippen LogP contribution in [0.2, 0.25) is 5.02 Å². The first-order valence-electron chi connectivity index (χ1n) is 5.44. The predicted molar refractivity (Wildman–Crippen MR) is 67.7 cm³/mol. The minimum atomic E-state index is -0.623. The number of nitrogens with two attached hydrogens (primary N) is 1. The normalized spacial score (nSPS) is 14.3. The van der Waals surface area contributed by atoms with Crippen LogP contribution in [0.4, 0.5) is 0 Å². The Morgan fingerprint density at radius 2 is 2.06 bits per heavy atom. The Labute approximate surface area is 106 Å². The van der Waals surface area contributed by atoms with E-state index in [4.69, 9.17) is 17.3 Å². The van der Waals surface area contributed by atoms with Gasteiger partial charge in [-0.05, 0) is 24.6 Å². The number of primary amides is 1. The first-order chi connectivity index (χ1) is 7.99. The van der Waals surface area contributed by atoms with Gasteiger partial charge in [-0.15, -0.1) is 0 Å². The van der Waals surface area contributed by atoms with E-state index in [1.165, 1.54) is 0 Å². The summed E-state index contributed by atoms with van der Waals surface area (Å²) in [5.41, 5.74) is 5.86. The summed E-state index contributed by atoms with van der Waals surface area (Å²) in [6.45, 7) is 2.22. The molecule has 4 N–H and O–H groups in total. The molecule has 0 fully saturated rings. The Bertz CT molecular complexity index is 367. The summed E-state index contributed by atoms with van der Waals surface area (Å²) in [4.78, 5) is 10.7. The molecule has 4 nitrogen and oxygen atoms in total. The zero-order valence-corrected chi connectivity index (χ0v) is 10.4. The molecule has 0 bridgehead atoms. The highest BCUT2D eigenvalue weighted by molar-refractivity contribution is 6.30. The molecule has 0 aliphatic heterocycles. The van der Waals surface area contributed by atoms with Crippen molar-refractivity contribution >= 4 is 17.5 Å². The second-order valence-corrected chi connectivity index (χ2v) is 4.48. The lowest BCUT2D eigenvalue weighted by molar-refractivity contribution is -0.118. The number of nitrogens with one attached hydrogen (secondary N) is 1. The van der Waals surface area contributed by atoms with Crippen LogP contribution in [0.25, 0.3) is 0 Å². The van der Waals surface area contributed by atoms with Gasteiger partial charge in [0.1, 0.15) is 0 Å². The molecule has 5 heteroatoms. The van der Waals surface area contributed by atoms with Crippen LogP contribution in [0.15, 0.2) is 24.3 Å². The fraction of sp³-hybridized carbons (Fsp3) is 0.417. The third-order valence-corrected chi connectivity index (χ3v) is 2.67. The van der Waals surface area contributed by atoms with E-state index < -0.39 is 6.10 Å². The number of aliphatic hydroxyl groups excluding tert-OH is 1. The highest BCUT2D eigenvalue weighted by atomic mass is 35.5. The van der Waals surface area contributed by atoms with Crippen molar-refractivity contribution < 1.29 is 9.90 Å². The van der Waals surface area contributed by atoms with Crippen molar-refractivity contribution in [2.75, 3.05) is 6.54 Å². The number of amides is 1. The highest BCUT2D eigenvalue weighted by Crippen LogP contribution is 2.15. The van der Waals surface area contributed by atoms with Crippen molar-refractivity contribution in [3.05, 3.63) is 34.9 Å². The summed E-state index contributed by atoms with van der Waals surface area (Å²) < 4.78 is 0. The van der Waals surface area contributed by atoms with Crippen molar-refractivity contribution in [1.82, 2.24) is 5.32 Å². The minimum Gasteiger partial charge on any atom is -0.387 e. The molecule has 2 unspecified atom stereocenters. The highest BCUT2D eigenvalue weighted by Gasteiger charge is 2.10. The van der Waals surface area contributed by atoms with E-state index in [9.17, 15) is 9.90 Å². The number of carbonyl (C=O) groups excluding carboxylic acids is 1. The fourth-order valence-corrected chi connectivity index (χ4v) is 1.62. The maximum atomic E-state index is 10.7. The number of aliphatic hydroxyl groups is 1. The van der Waals surface area contributed by atoms with Gasteiger partial charge in [-0.25, -0.2) is 0 Å². The Kier molecular flexibility index (Phi) is 5.41. The summed E-state index contributed by atoms with van der Waals surface area (Å²) in [5, 5.41) is 13.6. The summed E-state index contributed by atoms with van der Waals surface area (Å²) in [5.74, 6) is -0.356. The zero-order valence-electron chi connectivity index (χ0n) is 9.69. The number of rotatable bonds is 6. The van der Waals surface area contributed by atoms with Gasteiger partial charge in [-0.3, -0.25) is 4.79 Å². The molecular weight excluding hydrogens is 240 g/mol. The number of hydrogen-bond acceptors (Lipinski definition) is 3. The van der Waals surface area contributed by atoms with Crippen LogP contribution in [0.1, 0.15) is 25.0 Å². The van der Waals surface area contributed by atoms with Crippen LogP contribution in [0.5, 0.6) is 0 Å². The molecule has 0 radical (unpaired) electrons. The number of halogens is 1. The Hall–Kier alpha value is -1.10. The van der Waals surface area contributed by atoms with E-state index in [1.807, 2.05) is 6.92 Å². The maximum Gasteiger partial charge on any atom is 0.218 e. The molecule has 1 aromatic rings. The monoisotopic (exact) mass is 256 g/mol. The van der Waals surface area contributed by atoms with Crippen LogP contribution < -0.4 is 11.1 Å². The SMILES string of the molecule is CC(CC(N)=O)NCC(O)c1ccc(Cl)cc1. The standard InChI is InChI=1S/C12H17ClN2O2/c1-8(6-12(14)17)15-7-11(16)9-2-4-10(13)5-3-9/h2-5,8,11,15-16H,6-7H2,1H3,(H2,14,17). The third kappa shape index (κ3) is 5.17. The van der Waals surface area contributed by atoms with Crippen molar-refractivity contribution in [1.29, 1.82) is 0 Å². The van der Waals surface area contributed by atoms with Crippen molar-refractivity contribution in [2.45, 2.75) is 25.5 Å². The Balaban J connectivity index is 2.41. The molecule has 0 aliphatic carbocycles.